The van der Waals surface area contributed by atoms with Crippen LogP contribution in [-0.4, -0.2) is 29.2 Å². The molecule has 5 nitrogen and oxygen atoms in total. The summed E-state index contributed by atoms with van der Waals surface area (Å²) in [6, 6.07) is 10.7. The van der Waals surface area contributed by atoms with Crippen molar-refractivity contribution in [2.24, 2.45) is 11.8 Å². The van der Waals surface area contributed by atoms with Crippen molar-refractivity contribution in [2.75, 3.05) is 0 Å². The third kappa shape index (κ3) is 2.32. The maximum absolute atomic E-state index is 13.1. The van der Waals surface area contributed by atoms with Gasteiger partial charge in [0.05, 0.1) is 23.9 Å². The second-order valence-corrected chi connectivity index (χ2v) is 8.68. The lowest BCUT2D eigenvalue weighted by Gasteiger charge is -2.43. The van der Waals surface area contributed by atoms with Crippen LogP contribution in [0.15, 0.2) is 24.3 Å². The fraction of sp³-hybridized carbons (Fsp3) is 0.600. The summed E-state index contributed by atoms with van der Waals surface area (Å²) in [5.74, 6) is -0.0237. The van der Waals surface area contributed by atoms with E-state index in [0.29, 0.717) is 0 Å². The molecule has 0 radical (unpaired) electrons. The van der Waals surface area contributed by atoms with Crippen molar-refractivity contribution in [3.63, 3.8) is 0 Å². The second kappa shape index (κ2) is 5.95. The molecule has 2 aliphatic carbocycles. The van der Waals surface area contributed by atoms with Gasteiger partial charge in [-0.2, -0.15) is 5.26 Å². The fourth-order valence-electron chi connectivity index (χ4n) is 5.36. The predicted octanol–water partition coefficient (Wildman–Crippen LogP) is 2.71. The first-order valence-electron chi connectivity index (χ1n) is 9.65. The van der Waals surface area contributed by atoms with Gasteiger partial charge in [-0.25, -0.2) is 5.43 Å². The Bertz CT molecular complexity index is 769. The number of halogens is 1. The first kappa shape index (κ1) is 16.6. The van der Waals surface area contributed by atoms with Gasteiger partial charge in [-0.05, 0) is 43.4 Å². The van der Waals surface area contributed by atoms with E-state index in [2.05, 4.69) is 28.9 Å². The summed E-state index contributed by atoms with van der Waals surface area (Å²) in [6.45, 7) is 0. The minimum atomic E-state index is -0.250. The molecule has 2 N–H and O–H groups in total. The molecule has 26 heavy (non-hydrogen) atoms. The number of nitrogens with zero attached hydrogens (tertiary/aromatic N) is 2. The van der Waals surface area contributed by atoms with Crippen LogP contribution >= 0.6 is 11.6 Å². The van der Waals surface area contributed by atoms with Crippen LogP contribution in [0, 0.1) is 23.2 Å². The van der Waals surface area contributed by atoms with E-state index in [1.54, 1.807) is 5.01 Å². The van der Waals surface area contributed by atoms with E-state index in [-0.39, 0.29) is 41.4 Å². The van der Waals surface area contributed by atoms with Gasteiger partial charge in [0, 0.05) is 16.5 Å². The zero-order chi connectivity index (χ0) is 17.9. The number of carbonyl (C=O) groups excluding carboxylic acids is 1. The zero-order valence-corrected chi connectivity index (χ0v) is 15.4. The lowest BCUT2D eigenvalue weighted by molar-refractivity contribution is -0.148. The minimum absolute atomic E-state index is 0.0460. The van der Waals surface area contributed by atoms with Crippen molar-refractivity contribution in [1.29, 1.82) is 5.26 Å². The van der Waals surface area contributed by atoms with Crippen molar-refractivity contribution in [3.8, 4) is 6.07 Å². The maximum Gasteiger partial charge on any atom is 0.242 e. The molecule has 2 heterocycles. The van der Waals surface area contributed by atoms with Crippen molar-refractivity contribution < 1.29 is 4.79 Å². The number of fused-ring (bicyclic) bond motifs is 2. The lowest BCUT2D eigenvalue weighted by Crippen LogP contribution is -2.64. The van der Waals surface area contributed by atoms with Crippen LogP contribution in [0.25, 0.3) is 0 Å². The summed E-state index contributed by atoms with van der Waals surface area (Å²) in [5.41, 5.74) is 4.60. The lowest BCUT2D eigenvalue weighted by atomic mass is 9.79. The third-order valence-electron chi connectivity index (χ3n) is 6.91. The Morgan fingerprint density at radius 1 is 1.19 bits per heavy atom. The Kier molecular flexibility index (Phi) is 3.79. The minimum Gasteiger partial charge on any atom is -0.291 e. The normalized spacial score (nSPS) is 37.6. The molecule has 5 unspecified atom stereocenters. The van der Waals surface area contributed by atoms with Gasteiger partial charge < -0.3 is 0 Å². The predicted molar refractivity (Wildman–Crippen MR) is 97.9 cm³/mol. The van der Waals surface area contributed by atoms with E-state index in [4.69, 9.17) is 11.6 Å². The van der Waals surface area contributed by atoms with Gasteiger partial charge in [0.2, 0.25) is 5.91 Å². The Morgan fingerprint density at radius 3 is 2.62 bits per heavy atom. The summed E-state index contributed by atoms with van der Waals surface area (Å²) in [7, 11) is 0. The third-order valence-corrected chi connectivity index (χ3v) is 7.17. The quantitative estimate of drug-likeness (QED) is 0.839. The first-order valence-corrected chi connectivity index (χ1v) is 10.0. The largest absolute Gasteiger partial charge is 0.291 e. The van der Waals surface area contributed by atoms with Crippen LogP contribution in [0.2, 0.25) is 5.02 Å². The number of hydrogen-bond donors (Lipinski definition) is 2. The Labute approximate surface area is 158 Å². The molecule has 0 aromatic heterocycles. The highest BCUT2D eigenvalue weighted by atomic mass is 35.5. The van der Waals surface area contributed by atoms with Crippen LogP contribution in [0.1, 0.15) is 44.1 Å². The van der Waals surface area contributed by atoms with Crippen molar-refractivity contribution in [2.45, 2.75) is 62.2 Å². The summed E-state index contributed by atoms with van der Waals surface area (Å²) < 4.78 is 0. The number of hydrazine groups is 1. The van der Waals surface area contributed by atoms with Crippen molar-refractivity contribution in [3.05, 3.63) is 34.9 Å². The molecule has 2 saturated heterocycles. The van der Waals surface area contributed by atoms with Crippen LogP contribution < -0.4 is 10.7 Å². The van der Waals surface area contributed by atoms with Crippen molar-refractivity contribution in [1.82, 2.24) is 15.8 Å². The summed E-state index contributed by atoms with van der Waals surface area (Å²) >= 11 is 6.06. The number of carbonyl (C=O) groups is 1. The number of benzene rings is 1. The van der Waals surface area contributed by atoms with E-state index in [9.17, 15) is 10.1 Å². The number of rotatable bonds is 2. The van der Waals surface area contributed by atoms with Gasteiger partial charge in [0.15, 0.2) is 0 Å². The zero-order valence-electron chi connectivity index (χ0n) is 14.6. The number of amides is 1. The maximum atomic E-state index is 13.1. The van der Waals surface area contributed by atoms with Gasteiger partial charge in [-0.3, -0.25) is 15.1 Å². The first-order chi connectivity index (χ1) is 12.6. The van der Waals surface area contributed by atoms with E-state index in [0.717, 1.165) is 43.5 Å². The molecule has 4 aliphatic rings. The topological polar surface area (TPSA) is 68.2 Å². The van der Waals surface area contributed by atoms with Crippen LogP contribution in [0.4, 0.5) is 0 Å². The van der Waals surface area contributed by atoms with Crippen LogP contribution in [-0.2, 0) is 10.2 Å². The monoisotopic (exact) mass is 370 g/mol. The Hall–Kier alpha value is -1.61. The molecule has 0 bridgehead atoms. The molecule has 1 aromatic rings. The molecule has 1 amide bonds. The summed E-state index contributed by atoms with van der Waals surface area (Å²) in [6.07, 6.45) is 6.11. The molecule has 5 rings (SSSR count). The number of hydrogen-bond acceptors (Lipinski definition) is 4. The van der Waals surface area contributed by atoms with Gasteiger partial charge in [0.25, 0.3) is 0 Å². The highest BCUT2D eigenvalue weighted by molar-refractivity contribution is 6.30. The van der Waals surface area contributed by atoms with E-state index >= 15 is 0 Å². The highest BCUT2D eigenvalue weighted by Crippen LogP contribution is 2.55. The van der Waals surface area contributed by atoms with E-state index in [1.807, 2.05) is 12.1 Å². The Balaban J connectivity index is 1.47. The standard InChI is InChI=1S/C20H23ClN4O/c21-13-7-5-12(6-8-13)20(9-10-20)17-15(11-22)18-23-16-4-2-1-3-14(16)19(26)25(18)24-17/h5-8,14-18,23-24H,1-4,9-10H2. The fourth-order valence-corrected chi connectivity index (χ4v) is 5.49. The highest BCUT2D eigenvalue weighted by Gasteiger charge is 2.61. The second-order valence-electron chi connectivity index (χ2n) is 8.24. The van der Waals surface area contributed by atoms with E-state index < -0.39 is 0 Å². The average molecular weight is 371 g/mol. The summed E-state index contributed by atoms with van der Waals surface area (Å²) in [4.78, 5) is 13.1. The van der Waals surface area contributed by atoms with Crippen LogP contribution in [0.3, 0.4) is 0 Å². The molecule has 1 aromatic carbocycles. The molecule has 5 atom stereocenters. The van der Waals surface area contributed by atoms with Gasteiger partial charge in [-0.1, -0.05) is 36.6 Å². The molecule has 2 saturated carbocycles. The van der Waals surface area contributed by atoms with Gasteiger partial charge in [-0.15, -0.1) is 0 Å². The Morgan fingerprint density at radius 2 is 1.92 bits per heavy atom. The molecular formula is C20H23ClN4O. The molecule has 2 aliphatic heterocycles. The van der Waals surface area contributed by atoms with E-state index in [1.165, 1.54) is 5.56 Å². The number of nitriles is 1. The SMILES string of the molecule is N#CC1C2NC3CCCCC3C(=O)N2NC1C1(c2ccc(Cl)cc2)CC1. The van der Waals surface area contributed by atoms with Gasteiger partial charge >= 0.3 is 0 Å². The van der Waals surface area contributed by atoms with Crippen LogP contribution in [0.5, 0.6) is 0 Å². The smallest absolute Gasteiger partial charge is 0.242 e. The number of nitrogens with one attached hydrogen (secondary N) is 2. The molecule has 6 heteroatoms. The summed E-state index contributed by atoms with van der Waals surface area (Å²) in [5, 5.41) is 16.1. The van der Waals surface area contributed by atoms with Crippen molar-refractivity contribution >= 4 is 17.5 Å². The molecule has 136 valence electrons. The molecule has 4 fully saturated rings. The van der Waals surface area contributed by atoms with Gasteiger partial charge in [0.1, 0.15) is 6.17 Å². The molecule has 0 spiro atoms. The molecular weight excluding hydrogens is 348 g/mol. The average Bonchev–Trinajstić information content (AvgIpc) is 3.38.